The van der Waals surface area contributed by atoms with Crippen LogP contribution in [-0.2, 0) is 12.7 Å². The topological polar surface area (TPSA) is 42.0 Å². The number of carbonyl (C=O) groups is 1. The first-order valence-electron chi connectivity index (χ1n) is 11.0. The summed E-state index contributed by atoms with van der Waals surface area (Å²) in [6, 6.07) is 8.78. The number of nitrogens with one attached hydrogen (secondary N) is 1. The fourth-order valence-corrected chi connectivity index (χ4v) is 4.19. The second-order valence-electron chi connectivity index (χ2n) is 8.18. The van der Waals surface area contributed by atoms with E-state index < -0.39 is 29.9 Å². The maximum atomic E-state index is 13.8. The molecule has 1 unspecified atom stereocenters. The molecule has 0 saturated carbocycles. The lowest BCUT2D eigenvalue weighted by Gasteiger charge is -2.18. The molecular formula is C25H18BCl3F6N2O. The monoisotopic (exact) mass is 592 g/mol. The minimum atomic E-state index is -4.64. The third kappa shape index (κ3) is 7.45. The molecule has 0 bridgehead atoms. The summed E-state index contributed by atoms with van der Waals surface area (Å²) in [7, 11) is 0.400. The number of hydrogen-bond donors (Lipinski definition) is 1. The third-order valence-corrected chi connectivity index (χ3v) is 6.72. The van der Waals surface area contributed by atoms with Crippen LogP contribution in [0, 0.1) is 0 Å². The molecule has 13 heteroatoms. The van der Waals surface area contributed by atoms with Crippen LogP contribution in [0.15, 0.2) is 54.7 Å². The van der Waals surface area contributed by atoms with Crippen LogP contribution in [0.4, 0.5) is 26.3 Å². The molecule has 3 nitrogen and oxygen atoms in total. The van der Waals surface area contributed by atoms with Crippen molar-refractivity contribution in [2.45, 2.75) is 31.6 Å². The van der Waals surface area contributed by atoms with Crippen LogP contribution in [-0.4, -0.2) is 24.3 Å². The van der Waals surface area contributed by atoms with E-state index in [0.29, 0.717) is 23.9 Å². The third-order valence-electron chi connectivity index (χ3n) is 5.52. The Labute approximate surface area is 230 Å². The molecule has 1 aromatic heterocycles. The Morgan fingerprint density at radius 2 is 1.68 bits per heavy atom. The van der Waals surface area contributed by atoms with E-state index in [9.17, 15) is 31.1 Å². The Balaban J connectivity index is 1.78. The smallest absolute Gasteiger partial charge is 0.348 e. The molecule has 0 saturated heterocycles. The van der Waals surface area contributed by atoms with Crippen molar-refractivity contribution in [3.63, 3.8) is 0 Å². The van der Waals surface area contributed by atoms with Crippen LogP contribution in [0.1, 0.15) is 38.7 Å². The van der Waals surface area contributed by atoms with Crippen LogP contribution in [0.3, 0.4) is 0 Å². The zero-order valence-corrected chi connectivity index (χ0v) is 21.8. The molecule has 0 radical (unpaired) electrons. The average Bonchev–Trinajstić information content (AvgIpc) is 2.84. The van der Waals surface area contributed by atoms with Gasteiger partial charge < -0.3 is 5.32 Å². The SMILES string of the molecule is CBc1cc(/C=C/C(c2cc(Cl)c(Cl)c(Cl)c2)C(F)(F)F)ccc1C(=O)NCc1ccc(C(F)(F)F)nc1. The van der Waals surface area contributed by atoms with Crippen LogP contribution in [0.5, 0.6) is 0 Å². The lowest BCUT2D eigenvalue weighted by atomic mass is 9.70. The summed E-state index contributed by atoms with van der Waals surface area (Å²) >= 11 is 17.7. The van der Waals surface area contributed by atoms with Gasteiger partial charge in [0.2, 0.25) is 0 Å². The predicted octanol–water partition coefficient (Wildman–Crippen LogP) is 7.46. The highest BCUT2D eigenvalue weighted by Gasteiger charge is 2.39. The van der Waals surface area contributed by atoms with E-state index in [-0.39, 0.29) is 32.7 Å². The van der Waals surface area contributed by atoms with E-state index in [1.54, 1.807) is 12.9 Å². The van der Waals surface area contributed by atoms with E-state index in [4.69, 9.17) is 34.8 Å². The number of nitrogens with zero attached hydrogens (tertiary/aromatic N) is 1. The van der Waals surface area contributed by atoms with Gasteiger partial charge in [0.25, 0.3) is 5.91 Å². The molecule has 1 heterocycles. The molecule has 3 rings (SSSR count). The first-order chi connectivity index (χ1) is 17.7. The largest absolute Gasteiger partial charge is 0.433 e. The summed E-state index contributed by atoms with van der Waals surface area (Å²) in [5, 5.41) is 2.36. The number of alkyl halides is 6. The van der Waals surface area contributed by atoms with Gasteiger partial charge in [0.15, 0.2) is 7.28 Å². The first-order valence-corrected chi connectivity index (χ1v) is 12.2. The zero-order valence-electron chi connectivity index (χ0n) is 19.5. The summed E-state index contributed by atoms with van der Waals surface area (Å²) in [5.74, 6) is -2.50. The zero-order chi connectivity index (χ0) is 28.3. The Bertz CT molecular complexity index is 1320. The van der Waals surface area contributed by atoms with Gasteiger partial charge in [-0.3, -0.25) is 9.78 Å². The Morgan fingerprint density at radius 3 is 2.21 bits per heavy atom. The Morgan fingerprint density at radius 1 is 1.03 bits per heavy atom. The lowest BCUT2D eigenvalue weighted by molar-refractivity contribution is -0.141. The van der Waals surface area contributed by atoms with Gasteiger partial charge in [0.1, 0.15) is 5.69 Å². The van der Waals surface area contributed by atoms with E-state index in [1.807, 2.05) is 0 Å². The highest BCUT2D eigenvalue weighted by atomic mass is 35.5. The number of aromatic nitrogens is 1. The van der Waals surface area contributed by atoms with Crippen LogP contribution in [0.2, 0.25) is 21.9 Å². The van der Waals surface area contributed by atoms with Crippen molar-refractivity contribution in [2.75, 3.05) is 0 Å². The Hall–Kier alpha value is -2.69. The second-order valence-corrected chi connectivity index (χ2v) is 9.37. The summed E-state index contributed by atoms with van der Waals surface area (Å²) in [6.07, 6.45) is -5.94. The van der Waals surface area contributed by atoms with Gasteiger partial charge in [0.05, 0.1) is 21.0 Å². The van der Waals surface area contributed by atoms with Gasteiger partial charge in [-0.25, -0.2) is 0 Å². The molecule has 0 aliphatic heterocycles. The fraction of sp³-hybridized carbons (Fsp3) is 0.200. The average molecular weight is 594 g/mol. The van der Waals surface area contributed by atoms with Gasteiger partial charge in [-0.05, 0) is 41.0 Å². The minimum Gasteiger partial charge on any atom is -0.348 e. The molecular weight excluding hydrogens is 575 g/mol. The number of amides is 1. The summed E-state index contributed by atoms with van der Waals surface area (Å²) in [4.78, 5) is 16.0. The lowest BCUT2D eigenvalue weighted by Crippen LogP contribution is -2.30. The molecule has 0 spiro atoms. The number of halogens is 9. The molecule has 3 aromatic rings. The van der Waals surface area contributed by atoms with Gasteiger partial charge >= 0.3 is 12.4 Å². The van der Waals surface area contributed by atoms with Gasteiger partial charge in [-0.1, -0.05) is 77.4 Å². The molecule has 1 N–H and O–H groups in total. The summed E-state index contributed by atoms with van der Waals surface area (Å²) in [6.45, 7) is 1.71. The summed E-state index contributed by atoms with van der Waals surface area (Å²) in [5.41, 5.74) is 0.414. The molecule has 200 valence electrons. The summed E-state index contributed by atoms with van der Waals surface area (Å²) < 4.78 is 79.4. The van der Waals surface area contributed by atoms with Crippen molar-refractivity contribution in [3.8, 4) is 0 Å². The first kappa shape index (κ1) is 29.9. The van der Waals surface area contributed by atoms with Crippen LogP contribution >= 0.6 is 34.8 Å². The molecule has 0 aliphatic rings. The fourth-order valence-electron chi connectivity index (χ4n) is 3.58. The predicted molar refractivity (Wildman–Crippen MR) is 139 cm³/mol. The maximum Gasteiger partial charge on any atom is 0.433 e. The van der Waals surface area contributed by atoms with Crippen molar-refractivity contribution in [2.24, 2.45) is 0 Å². The van der Waals surface area contributed by atoms with E-state index in [0.717, 1.165) is 30.5 Å². The van der Waals surface area contributed by atoms with Crippen molar-refractivity contribution < 1.29 is 31.1 Å². The second kappa shape index (κ2) is 12.0. The van der Waals surface area contributed by atoms with Gasteiger partial charge in [0, 0.05) is 18.3 Å². The quantitative estimate of drug-likeness (QED) is 0.176. The number of rotatable bonds is 7. The molecule has 1 atom stereocenters. The highest BCUT2D eigenvalue weighted by molar-refractivity contribution is 6.54. The molecule has 0 aliphatic carbocycles. The van der Waals surface area contributed by atoms with Gasteiger partial charge in [-0.15, -0.1) is 0 Å². The van der Waals surface area contributed by atoms with Gasteiger partial charge in [-0.2, -0.15) is 26.3 Å². The van der Waals surface area contributed by atoms with Crippen LogP contribution in [0.25, 0.3) is 6.08 Å². The number of allylic oxidation sites excluding steroid dienone is 1. The maximum absolute atomic E-state index is 13.8. The standard InChI is InChI=1S/C25H18BCl3F6N2O/c1-26-18-8-13(3-6-17(24(30,31)32)15-9-19(27)22(29)20(28)10-15)2-5-16(18)23(38)37-12-14-4-7-21(36-11-14)25(33,34)35/h2-11,17,26H,12H2,1H3,(H,37,38)/b6-3+. The molecule has 38 heavy (non-hydrogen) atoms. The van der Waals surface area contributed by atoms with Crippen molar-refractivity contribution in [3.05, 3.63) is 97.8 Å². The normalized spacial score (nSPS) is 13.0. The van der Waals surface area contributed by atoms with Crippen LogP contribution < -0.4 is 10.8 Å². The van der Waals surface area contributed by atoms with E-state index >= 15 is 0 Å². The highest BCUT2D eigenvalue weighted by Crippen LogP contribution is 2.41. The van der Waals surface area contributed by atoms with Crippen molar-refractivity contribution >= 4 is 59.5 Å². The van der Waals surface area contributed by atoms with Crippen molar-refractivity contribution in [1.82, 2.24) is 10.3 Å². The molecule has 2 aromatic carbocycles. The van der Waals surface area contributed by atoms with E-state index in [1.165, 1.54) is 24.3 Å². The van der Waals surface area contributed by atoms with E-state index in [2.05, 4.69) is 10.3 Å². The van der Waals surface area contributed by atoms with Crippen molar-refractivity contribution in [1.29, 1.82) is 0 Å². The number of pyridine rings is 1. The minimum absolute atomic E-state index is 0.0435. The number of carbonyl (C=O) groups excluding carboxylic acids is 1. The number of benzene rings is 2. The molecule has 0 fully saturated rings. The number of hydrogen-bond acceptors (Lipinski definition) is 2. The Kier molecular flexibility index (Phi) is 9.44. The molecule has 1 amide bonds.